The highest BCUT2D eigenvalue weighted by Crippen LogP contribution is 2.39. The predicted molar refractivity (Wildman–Crippen MR) is 166 cm³/mol. The number of nitrogens with zero attached hydrogens (tertiary/aromatic N) is 4. The molecule has 8 aromatic rings. The Morgan fingerprint density at radius 1 is 0.600 bits per heavy atom. The van der Waals surface area contributed by atoms with Gasteiger partial charge in [-0.25, -0.2) is 4.98 Å². The standard InChI is InChI=1S/C35H22N4S/c1-2-15-32-28(11-1)29-17-16-24(35-38-31-14-6-12-27(34(31)40-35)25-9-7-18-36-22-25)21-33(29)39(32)26-10-5-8-23(20-26)30-13-3-4-19-37-30/h1-22H. The van der Waals surface area contributed by atoms with Crippen LogP contribution < -0.4 is 0 Å². The van der Waals surface area contributed by atoms with Crippen molar-refractivity contribution < 1.29 is 0 Å². The van der Waals surface area contributed by atoms with E-state index in [2.05, 4.69) is 112 Å². The van der Waals surface area contributed by atoms with Gasteiger partial charge in [-0.1, -0.05) is 66.7 Å². The summed E-state index contributed by atoms with van der Waals surface area (Å²) in [6, 6.07) is 40.4. The zero-order chi connectivity index (χ0) is 26.5. The molecule has 188 valence electrons. The van der Waals surface area contributed by atoms with E-state index in [0.29, 0.717) is 0 Å². The van der Waals surface area contributed by atoms with Crippen LogP contribution in [0.3, 0.4) is 0 Å². The van der Waals surface area contributed by atoms with Gasteiger partial charge < -0.3 is 4.57 Å². The molecule has 40 heavy (non-hydrogen) atoms. The summed E-state index contributed by atoms with van der Waals surface area (Å²) in [5, 5.41) is 3.46. The third-order valence-corrected chi connectivity index (χ3v) is 8.53. The molecule has 0 fully saturated rings. The molecule has 4 aromatic carbocycles. The van der Waals surface area contributed by atoms with Crippen LogP contribution in [0.25, 0.3) is 70.7 Å². The van der Waals surface area contributed by atoms with Crippen molar-refractivity contribution in [2.24, 2.45) is 0 Å². The highest BCUT2D eigenvalue weighted by molar-refractivity contribution is 7.22. The smallest absolute Gasteiger partial charge is 0.124 e. The fraction of sp³-hybridized carbons (Fsp3) is 0. The van der Waals surface area contributed by atoms with Crippen LogP contribution in [0, 0.1) is 0 Å². The maximum atomic E-state index is 5.07. The van der Waals surface area contributed by atoms with Crippen LogP contribution in [-0.4, -0.2) is 19.5 Å². The fourth-order valence-corrected chi connectivity index (χ4v) is 6.64. The van der Waals surface area contributed by atoms with Crippen LogP contribution in [0.1, 0.15) is 0 Å². The van der Waals surface area contributed by atoms with E-state index in [0.717, 1.165) is 49.7 Å². The zero-order valence-electron chi connectivity index (χ0n) is 21.4. The lowest BCUT2D eigenvalue weighted by Crippen LogP contribution is -1.95. The molecule has 4 heterocycles. The lowest BCUT2D eigenvalue weighted by Gasteiger charge is -2.10. The minimum Gasteiger partial charge on any atom is -0.309 e. The Morgan fingerprint density at radius 2 is 1.48 bits per heavy atom. The molecule has 0 aliphatic carbocycles. The van der Waals surface area contributed by atoms with Crippen LogP contribution >= 0.6 is 11.3 Å². The minimum atomic E-state index is 0.963. The van der Waals surface area contributed by atoms with Crippen molar-refractivity contribution in [2.45, 2.75) is 0 Å². The summed E-state index contributed by atoms with van der Waals surface area (Å²) in [5.41, 5.74) is 9.87. The summed E-state index contributed by atoms with van der Waals surface area (Å²) in [4.78, 5) is 14.0. The van der Waals surface area contributed by atoms with Crippen LogP contribution in [0.5, 0.6) is 0 Å². The van der Waals surface area contributed by atoms with Crippen molar-refractivity contribution >= 4 is 43.4 Å². The van der Waals surface area contributed by atoms with Crippen molar-refractivity contribution in [3.8, 4) is 38.6 Å². The number of fused-ring (bicyclic) bond motifs is 4. The maximum Gasteiger partial charge on any atom is 0.124 e. The number of para-hydroxylation sites is 1. The minimum absolute atomic E-state index is 0.963. The molecular formula is C35H22N4S. The Kier molecular flexibility index (Phi) is 5.28. The summed E-state index contributed by atoms with van der Waals surface area (Å²) < 4.78 is 3.53. The van der Waals surface area contributed by atoms with Crippen molar-refractivity contribution in [1.29, 1.82) is 0 Å². The number of benzene rings is 4. The quantitative estimate of drug-likeness (QED) is 0.228. The molecule has 0 unspecified atom stereocenters. The molecule has 0 atom stereocenters. The van der Waals surface area contributed by atoms with Gasteiger partial charge in [0.25, 0.3) is 0 Å². The number of hydrogen-bond acceptors (Lipinski definition) is 4. The Balaban J connectivity index is 1.33. The van der Waals surface area contributed by atoms with Crippen molar-refractivity contribution in [1.82, 2.24) is 19.5 Å². The zero-order valence-corrected chi connectivity index (χ0v) is 22.2. The van der Waals surface area contributed by atoms with Crippen LogP contribution in [0.2, 0.25) is 0 Å². The third-order valence-electron chi connectivity index (χ3n) is 7.37. The Labute approximate surface area is 234 Å². The lowest BCUT2D eigenvalue weighted by molar-refractivity contribution is 1.18. The van der Waals surface area contributed by atoms with Gasteiger partial charge >= 0.3 is 0 Å². The van der Waals surface area contributed by atoms with Gasteiger partial charge in [0.15, 0.2) is 0 Å². The molecule has 0 saturated heterocycles. The van der Waals surface area contributed by atoms with Gasteiger partial charge in [0, 0.05) is 57.3 Å². The summed E-state index contributed by atoms with van der Waals surface area (Å²) in [6.07, 6.45) is 5.56. The van der Waals surface area contributed by atoms with Crippen molar-refractivity contribution in [3.05, 3.63) is 134 Å². The second-order valence-corrected chi connectivity index (χ2v) is 10.8. The van der Waals surface area contributed by atoms with E-state index in [9.17, 15) is 0 Å². The molecule has 0 aliphatic heterocycles. The Bertz CT molecular complexity index is 2160. The van der Waals surface area contributed by atoms with Gasteiger partial charge in [-0.05, 0) is 48.5 Å². The summed E-state index contributed by atoms with van der Waals surface area (Å²) in [7, 11) is 0. The molecule has 0 saturated carbocycles. The Hall–Kier alpha value is -5.13. The molecular weight excluding hydrogens is 508 g/mol. The first-order valence-electron chi connectivity index (χ1n) is 13.2. The Morgan fingerprint density at radius 3 is 2.38 bits per heavy atom. The highest BCUT2D eigenvalue weighted by Gasteiger charge is 2.16. The van der Waals surface area contributed by atoms with E-state index in [4.69, 9.17) is 4.98 Å². The number of rotatable bonds is 4. The average Bonchev–Trinajstić information content (AvgIpc) is 3.61. The van der Waals surface area contributed by atoms with E-state index in [1.807, 2.05) is 36.8 Å². The SMILES string of the molecule is c1ccc(-c2cccc(-n3c4ccccc4c4ccc(-c5nc6cccc(-c7cccnc7)c6s5)cc43)c2)nc1. The van der Waals surface area contributed by atoms with Crippen LogP contribution in [0.15, 0.2) is 134 Å². The molecule has 4 aromatic heterocycles. The van der Waals surface area contributed by atoms with E-state index < -0.39 is 0 Å². The summed E-state index contributed by atoms with van der Waals surface area (Å²) >= 11 is 1.73. The predicted octanol–water partition coefficient (Wildman–Crippen LogP) is 9.18. The first-order valence-corrected chi connectivity index (χ1v) is 14.0. The van der Waals surface area contributed by atoms with Gasteiger partial charge in [0.2, 0.25) is 0 Å². The first-order chi connectivity index (χ1) is 19.8. The topological polar surface area (TPSA) is 43.6 Å². The molecule has 5 heteroatoms. The molecule has 0 N–H and O–H groups in total. The third kappa shape index (κ3) is 3.71. The molecule has 0 spiro atoms. The van der Waals surface area contributed by atoms with Gasteiger partial charge in [-0.3, -0.25) is 9.97 Å². The first kappa shape index (κ1) is 22.8. The number of thiazole rings is 1. The summed E-state index contributed by atoms with van der Waals surface area (Å²) in [6.45, 7) is 0. The van der Waals surface area contributed by atoms with E-state index >= 15 is 0 Å². The van der Waals surface area contributed by atoms with Gasteiger partial charge in [0.05, 0.1) is 26.9 Å². The lowest BCUT2D eigenvalue weighted by atomic mass is 10.1. The van der Waals surface area contributed by atoms with Crippen molar-refractivity contribution in [3.63, 3.8) is 0 Å². The second-order valence-electron chi connectivity index (χ2n) is 9.76. The molecule has 4 nitrogen and oxygen atoms in total. The number of pyridine rings is 2. The monoisotopic (exact) mass is 530 g/mol. The second kappa shape index (κ2) is 9.26. The molecule has 0 radical (unpaired) electrons. The van der Waals surface area contributed by atoms with Gasteiger partial charge in [0.1, 0.15) is 5.01 Å². The normalized spacial score (nSPS) is 11.5. The highest BCUT2D eigenvalue weighted by atomic mass is 32.1. The molecule has 0 amide bonds. The molecule has 0 bridgehead atoms. The van der Waals surface area contributed by atoms with Crippen LogP contribution in [-0.2, 0) is 0 Å². The fourth-order valence-electron chi connectivity index (χ4n) is 5.54. The van der Waals surface area contributed by atoms with Gasteiger partial charge in [-0.2, -0.15) is 0 Å². The number of hydrogen-bond donors (Lipinski definition) is 0. The molecule has 8 rings (SSSR count). The average molecular weight is 531 g/mol. The van der Waals surface area contributed by atoms with E-state index in [1.54, 1.807) is 11.3 Å². The maximum absolute atomic E-state index is 5.07. The van der Waals surface area contributed by atoms with Gasteiger partial charge in [-0.15, -0.1) is 11.3 Å². The summed E-state index contributed by atoms with van der Waals surface area (Å²) in [5.74, 6) is 0. The number of aromatic nitrogens is 4. The molecule has 0 aliphatic rings. The van der Waals surface area contributed by atoms with Crippen LogP contribution in [0.4, 0.5) is 0 Å². The van der Waals surface area contributed by atoms with Crippen molar-refractivity contribution in [2.75, 3.05) is 0 Å². The largest absolute Gasteiger partial charge is 0.309 e. The van der Waals surface area contributed by atoms with E-state index in [1.165, 1.54) is 21.0 Å². The van der Waals surface area contributed by atoms with E-state index in [-0.39, 0.29) is 0 Å².